The standard InChI is InChI=1S/C24H27N5O2S/c1-15-11-16(2)22(17(3)12-15)26-20(30)13-25-21(31)14-32-24-28-27-23(18-9-10-18)29(24)19-7-5-4-6-8-19/h4-8,11-12,18H,9-10,13-14H2,1-3H3,(H,25,31)(H,26,30). The molecule has 1 aliphatic rings. The molecule has 2 aromatic carbocycles. The zero-order chi connectivity index (χ0) is 22.7. The first-order valence-corrected chi connectivity index (χ1v) is 11.7. The molecule has 0 radical (unpaired) electrons. The summed E-state index contributed by atoms with van der Waals surface area (Å²) in [5, 5.41) is 15.0. The quantitative estimate of drug-likeness (QED) is 0.509. The first-order chi connectivity index (χ1) is 15.4. The van der Waals surface area contributed by atoms with Crippen LogP contribution < -0.4 is 10.6 Å². The number of aromatic nitrogens is 3. The topological polar surface area (TPSA) is 88.9 Å². The van der Waals surface area contributed by atoms with Gasteiger partial charge < -0.3 is 10.6 Å². The van der Waals surface area contributed by atoms with Crippen LogP contribution in [0.15, 0.2) is 47.6 Å². The van der Waals surface area contributed by atoms with E-state index in [0.717, 1.165) is 46.7 Å². The first-order valence-electron chi connectivity index (χ1n) is 10.7. The van der Waals surface area contributed by atoms with E-state index >= 15 is 0 Å². The Balaban J connectivity index is 1.34. The summed E-state index contributed by atoms with van der Waals surface area (Å²) in [5.41, 5.74) is 4.95. The van der Waals surface area contributed by atoms with Crippen LogP contribution in [0.25, 0.3) is 5.69 Å². The number of thioether (sulfide) groups is 1. The average Bonchev–Trinajstić information content (AvgIpc) is 3.53. The van der Waals surface area contributed by atoms with Gasteiger partial charge in [0.15, 0.2) is 5.16 Å². The molecule has 8 heteroatoms. The summed E-state index contributed by atoms with van der Waals surface area (Å²) in [4.78, 5) is 24.7. The van der Waals surface area contributed by atoms with E-state index in [1.165, 1.54) is 11.8 Å². The number of amides is 2. The van der Waals surface area contributed by atoms with Crippen LogP contribution in [-0.2, 0) is 9.59 Å². The van der Waals surface area contributed by atoms with Crippen LogP contribution in [0.1, 0.15) is 41.3 Å². The van der Waals surface area contributed by atoms with Gasteiger partial charge in [0.05, 0.1) is 12.3 Å². The molecule has 1 saturated carbocycles. The van der Waals surface area contributed by atoms with Gasteiger partial charge >= 0.3 is 0 Å². The normalized spacial score (nSPS) is 13.1. The highest BCUT2D eigenvalue weighted by Crippen LogP contribution is 2.41. The van der Waals surface area contributed by atoms with Crippen molar-refractivity contribution in [3.05, 3.63) is 65.0 Å². The fourth-order valence-corrected chi connectivity index (χ4v) is 4.51. The average molecular weight is 450 g/mol. The maximum atomic E-state index is 12.4. The highest BCUT2D eigenvalue weighted by Gasteiger charge is 2.31. The smallest absolute Gasteiger partial charge is 0.243 e. The second kappa shape index (κ2) is 9.56. The molecule has 1 fully saturated rings. The van der Waals surface area contributed by atoms with Gasteiger partial charge in [-0.1, -0.05) is 47.7 Å². The molecular formula is C24H27N5O2S. The largest absolute Gasteiger partial charge is 0.346 e. The fourth-order valence-electron chi connectivity index (χ4n) is 3.72. The first kappa shape index (κ1) is 22.1. The van der Waals surface area contributed by atoms with Crippen molar-refractivity contribution in [2.45, 2.75) is 44.7 Å². The summed E-state index contributed by atoms with van der Waals surface area (Å²) in [6.45, 7) is 5.87. The van der Waals surface area contributed by atoms with Gasteiger partial charge in [-0.2, -0.15) is 0 Å². The lowest BCUT2D eigenvalue weighted by molar-refractivity contribution is -0.122. The summed E-state index contributed by atoms with van der Waals surface area (Å²) in [7, 11) is 0. The Hall–Kier alpha value is -3.13. The number of nitrogens with zero attached hydrogens (tertiary/aromatic N) is 3. The van der Waals surface area contributed by atoms with Gasteiger partial charge in [-0.25, -0.2) is 0 Å². The lowest BCUT2D eigenvalue weighted by Crippen LogP contribution is -2.34. The van der Waals surface area contributed by atoms with Gasteiger partial charge in [0.25, 0.3) is 0 Å². The van der Waals surface area contributed by atoms with Crippen LogP contribution in [0.4, 0.5) is 5.69 Å². The Labute approximate surface area is 192 Å². The molecule has 1 heterocycles. The molecular weight excluding hydrogens is 422 g/mol. The number of hydrogen-bond acceptors (Lipinski definition) is 5. The Kier molecular flexibility index (Phi) is 6.60. The third-order valence-electron chi connectivity index (χ3n) is 5.34. The van der Waals surface area contributed by atoms with E-state index in [4.69, 9.17) is 0 Å². The molecule has 7 nitrogen and oxygen atoms in total. The number of carbonyl (C=O) groups is 2. The third kappa shape index (κ3) is 5.19. The maximum absolute atomic E-state index is 12.4. The Morgan fingerprint density at radius 3 is 2.38 bits per heavy atom. The van der Waals surface area contributed by atoms with Gasteiger partial charge in [0, 0.05) is 17.3 Å². The van der Waals surface area contributed by atoms with Crippen molar-refractivity contribution in [3.63, 3.8) is 0 Å². The van der Waals surface area contributed by atoms with Crippen molar-refractivity contribution in [1.82, 2.24) is 20.1 Å². The van der Waals surface area contributed by atoms with E-state index in [-0.39, 0.29) is 24.1 Å². The molecule has 0 bridgehead atoms. The molecule has 2 amide bonds. The molecule has 1 aromatic heterocycles. The zero-order valence-corrected chi connectivity index (χ0v) is 19.3. The van der Waals surface area contributed by atoms with Gasteiger partial charge in [0.2, 0.25) is 11.8 Å². The summed E-state index contributed by atoms with van der Waals surface area (Å²) in [5.74, 6) is 1.07. The van der Waals surface area contributed by atoms with E-state index < -0.39 is 0 Å². The third-order valence-corrected chi connectivity index (χ3v) is 6.26. The molecule has 0 aliphatic heterocycles. The van der Waals surface area contributed by atoms with E-state index in [1.807, 2.05) is 67.8 Å². The summed E-state index contributed by atoms with van der Waals surface area (Å²) < 4.78 is 2.03. The molecule has 4 rings (SSSR count). The highest BCUT2D eigenvalue weighted by molar-refractivity contribution is 7.99. The molecule has 3 aromatic rings. The number of para-hydroxylation sites is 1. The van der Waals surface area contributed by atoms with Crippen LogP contribution in [0.2, 0.25) is 0 Å². The predicted molar refractivity (Wildman–Crippen MR) is 126 cm³/mol. The number of rotatable bonds is 8. The molecule has 32 heavy (non-hydrogen) atoms. The minimum Gasteiger partial charge on any atom is -0.346 e. The SMILES string of the molecule is Cc1cc(C)c(NC(=O)CNC(=O)CSc2nnc(C3CC3)n2-c2ccccc2)c(C)c1. The van der Waals surface area contributed by atoms with Gasteiger partial charge in [-0.3, -0.25) is 14.2 Å². The van der Waals surface area contributed by atoms with E-state index in [2.05, 4.69) is 20.8 Å². The molecule has 0 saturated heterocycles. The number of carbonyl (C=O) groups excluding carboxylic acids is 2. The number of hydrogen-bond donors (Lipinski definition) is 2. The second-order valence-corrected chi connectivity index (χ2v) is 9.12. The maximum Gasteiger partial charge on any atom is 0.243 e. The van der Waals surface area contributed by atoms with Gasteiger partial charge in [0.1, 0.15) is 5.82 Å². The van der Waals surface area contributed by atoms with E-state index in [1.54, 1.807) is 0 Å². The van der Waals surface area contributed by atoms with Crippen LogP contribution in [0.3, 0.4) is 0 Å². The molecule has 0 atom stereocenters. The van der Waals surface area contributed by atoms with Crippen molar-refractivity contribution in [3.8, 4) is 5.69 Å². The molecule has 2 N–H and O–H groups in total. The Morgan fingerprint density at radius 1 is 1.03 bits per heavy atom. The van der Waals surface area contributed by atoms with E-state index in [0.29, 0.717) is 11.1 Å². The molecule has 0 spiro atoms. The lowest BCUT2D eigenvalue weighted by atomic mass is 10.1. The van der Waals surface area contributed by atoms with Crippen molar-refractivity contribution in [1.29, 1.82) is 0 Å². The highest BCUT2D eigenvalue weighted by atomic mass is 32.2. The van der Waals surface area contributed by atoms with Crippen LogP contribution in [-0.4, -0.2) is 38.9 Å². The monoisotopic (exact) mass is 449 g/mol. The van der Waals surface area contributed by atoms with Crippen LogP contribution >= 0.6 is 11.8 Å². The fraction of sp³-hybridized carbons (Fsp3) is 0.333. The van der Waals surface area contributed by atoms with Gasteiger partial charge in [-0.05, 0) is 56.9 Å². The second-order valence-electron chi connectivity index (χ2n) is 8.17. The minimum atomic E-state index is -0.248. The summed E-state index contributed by atoms with van der Waals surface area (Å²) in [6.07, 6.45) is 2.23. The number of anilines is 1. The number of nitrogens with one attached hydrogen (secondary N) is 2. The lowest BCUT2D eigenvalue weighted by Gasteiger charge is -2.13. The predicted octanol–water partition coefficient (Wildman–Crippen LogP) is 3.92. The molecule has 166 valence electrons. The number of aryl methyl sites for hydroxylation is 3. The Bertz CT molecular complexity index is 1120. The van der Waals surface area contributed by atoms with Gasteiger partial charge in [-0.15, -0.1) is 10.2 Å². The van der Waals surface area contributed by atoms with Crippen molar-refractivity contribution < 1.29 is 9.59 Å². The molecule has 0 unspecified atom stereocenters. The number of benzene rings is 2. The van der Waals surface area contributed by atoms with Crippen LogP contribution in [0, 0.1) is 20.8 Å². The minimum absolute atomic E-state index is 0.0785. The van der Waals surface area contributed by atoms with Crippen molar-refractivity contribution in [2.75, 3.05) is 17.6 Å². The summed E-state index contributed by atoms with van der Waals surface area (Å²) in [6, 6.07) is 14.0. The Morgan fingerprint density at radius 2 is 1.72 bits per heavy atom. The zero-order valence-electron chi connectivity index (χ0n) is 18.5. The molecule has 1 aliphatic carbocycles. The summed E-state index contributed by atoms with van der Waals surface area (Å²) >= 11 is 1.32. The van der Waals surface area contributed by atoms with Crippen molar-refractivity contribution in [2.24, 2.45) is 0 Å². The van der Waals surface area contributed by atoms with Crippen molar-refractivity contribution >= 4 is 29.3 Å². The van der Waals surface area contributed by atoms with Crippen LogP contribution in [0.5, 0.6) is 0 Å². The van der Waals surface area contributed by atoms with E-state index in [9.17, 15) is 9.59 Å².